The van der Waals surface area contributed by atoms with Crippen LogP contribution in [0.3, 0.4) is 0 Å². The summed E-state index contributed by atoms with van der Waals surface area (Å²) in [5.41, 5.74) is 17.8. The summed E-state index contributed by atoms with van der Waals surface area (Å²) in [6.45, 7) is 1.04. The third-order valence-corrected chi connectivity index (χ3v) is 7.53. The maximum Gasteiger partial charge on any atom is 0.124 e. The van der Waals surface area contributed by atoms with Crippen molar-refractivity contribution in [3.05, 3.63) is 83.5 Å². The molecule has 5 atom stereocenters. The maximum atomic E-state index is 13.8. The fourth-order valence-corrected chi connectivity index (χ4v) is 5.74. The van der Waals surface area contributed by atoms with Crippen LogP contribution in [0.15, 0.2) is 66.3 Å². The van der Waals surface area contributed by atoms with Gasteiger partial charge in [-0.2, -0.15) is 0 Å². The summed E-state index contributed by atoms with van der Waals surface area (Å²) in [7, 11) is 0. The van der Waals surface area contributed by atoms with E-state index in [0.717, 1.165) is 48.4 Å². The van der Waals surface area contributed by atoms with Gasteiger partial charge in [-0.05, 0) is 79.8 Å². The number of aromatic nitrogens is 2. The number of fused-ring (bicyclic) bond motifs is 1. The monoisotopic (exact) mass is 458 g/mol. The zero-order valence-electron chi connectivity index (χ0n) is 19.1. The number of rotatable bonds is 4. The highest BCUT2D eigenvalue weighted by Gasteiger charge is 2.37. The zero-order chi connectivity index (χ0) is 23.2. The van der Waals surface area contributed by atoms with Gasteiger partial charge in [0, 0.05) is 17.8 Å². The number of nitrogens with two attached hydrogens (primary N) is 2. The number of imidazole rings is 1. The second-order valence-electron chi connectivity index (χ2n) is 9.72. The first-order valence-electron chi connectivity index (χ1n) is 12.2. The van der Waals surface area contributed by atoms with Crippen molar-refractivity contribution in [1.29, 1.82) is 0 Å². The molecule has 1 aliphatic carbocycles. The molecule has 0 radical (unpaired) electrons. The molecule has 7 heteroatoms. The van der Waals surface area contributed by atoms with Gasteiger partial charge in [-0.1, -0.05) is 24.3 Å². The van der Waals surface area contributed by atoms with Crippen molar-refractivity contribution in [2.75, 3.05) is 11.4 Å². The van der Waals surface area contributed by atoms with Crippen LogP contribution in [0.4, 0.5) is 10.1 Å². The Kier molecular flexibility index (Phi) is 5.48. The highest BCUT2D eigenvalue weighted by molar-refractivity contribution is 5.76. The van der Waals surface area contributed by atoms with Gasteiger partial charge in [-0.25, -0.2) is 9.37 Å². The van der Waals surface area contributed by atoms with Crippen molar-refractivity contribution in [3.63, 3.8) is 0 Å². The number of benzene rings is 2. The van der Waals surface area contributed by atoms with Gasteiger partial charge in [0.05, 0.1) is 29.2 Å². The van der Waals surface area contributed by atoms with E-state index in [1.807, 2.05) is 18.2 Å². The highest BCUT2D eigenvalue weighted by atomic mass is 19.1. The average molecular weight is 459 g/mol. The summed E-state index contributed by atoms with van der Waals surface area (Å²) in [4.78, 5) is 10.8. The number of hydrogen-bond donors (Lipinski definition) is 4. The second kappa shape index (κ2) is 8.65. The molecule has 2 aromatic carbocycles. The van der Waals surface area contributed by atoms with Gasteiger partial charge >= 0.3 is 0 Å². The van der Waals surface area contributed by atoms with Gasteiger partial charge in [-0.15, -0.1) is 0 Å². The summed E-state index contributed by atoms with van der Waals surface area (Å²) in [5, 5.41) is 3.52. The van der Waals surface area contributed by atoms with Gasteiger partial charge in [0.1, 0.15) is 11.6 Å². The number of nitrogens with zero attached hydrogens (tertiary/aromatic N) is 2. The Labute approximate surface area is 198 Å². The molecule has 0 bridgehead atoms. The quantitative estimate of drug-likeness (QED) is 0.474. The van der Waals surface area contributed by atoms with Crippen LogP contribution in [0.1, 0.15) is 49.2 Å². The molecule has 0 spiro atoms. The lowest BCUT2D eigenvalue weighted by Crippen LogP contribution is -2.42. The molecule has 3 aliphatic rings. The molecule has 4 unspecified atom stereocenters. The Hall–Kier alpha value is -3.00. The normalized spacial score (nSPS) is 29.2. The molecule has 176 valence electrons. The first-order chi connectivity index (χ1) is 16.6. The Bertz CT molecular complexity index is 1240. The third kappa shape index (κ3) is 3.83. The van der Waals surface area contributed by atoms with Crippen molar-refractivity contribution >= 4 is 16.7 Å². The molecule has 1 aromatic heterocycles. The van der Waals surface area contributed by atoms with Crippen molar-refractivity contribution in [3.8, 4) is 0 Å². The van der Waals surface area contributed by atoms with Gasteiger partial charge in [0.15, 0.2) is 0 Å². The molecule has 34 heavy (non-hydrogen) atoms. The van der Waals surface area contributed by atoms with E-state index in [1.54, 1.807) is 0 Å². The minimum Gasteiger partial charge on any atom is -0.357 e. The molecule has 0 saturated carbocycles. The molecule has 2 fully saturated rings. The van der Waals surface area contributed by atoms with Crippen molar-refractivity contribution in [2.45, 2.75) is 55.9 Å². The molecule has 0 amide bonds. The third-order valence-electron chi connectivity index (χ3n) is 7.53. The lowest BCUT2D eigenvalue weighted by molar-refractivity contribution is 0.614. The minimum atomic E-state index is -0.229. The summed E-state index contributed by atoms with van der Waals surface area (Å²) in [6, 6.07) is 13.6. The Morgan fingerprint density at radius 3 is 2.56 bits per heavy atom. The summed E-state index contributed by atoms with van der Waals surface area (Å²) >= 11 is 0. The summed E-state index contributed by atoms with van der Waals surface area (Å²) in [6.07, 6.45) is 10.5. The SMILES string of the molecule is NC1C=CC(C2CCC(c3ccc4nc([C@@H]5CCCN5)[nH]c4c3)N2c2ccc(F)cc2)=CC1N. The lowest BCUT2D eigenvalue weighted by atomic mass is 9.93. The van der Waals surface area contributed by atoms with Crippen LogP contribution in [0.25, 0.3) is 11.0 Å². The van der Waals surface area contributed by atoms with E-state index in [9.17, 15) is 4.39 Å². The van der Waals surface area contributed by atoms with Crippen LogP contribution < -0.4 is 21.7 Å². The molecule has 6 rings (SSSR count). The number of H-pyrrole nitrogens is 1. The van der Waals surface area contributed by atoms with E-state index < -0.39 is 0 Å². The molecular formula is C27H31FN6. The lowest BCUT2D eigenvalue weighted by Gasteiger charge is -2.35. The smallest absolute Gasteiger partial charge is 0.124 e. The zero-order valence-corrected chi connectivity index (χ0v) is 19.1. The Morgan fingerprint density at radius 2 is 1.79 bits per heavy atom. The highest BCUT2D eigenvalue weighted by Crippen LogP contribution is 2.43. The topological polar surface area (TPSA) is 96.0 Å². The molecule has 3 heterocycles. The fraction of sp³-hybridized carbons (Fsp3) is 0.370. The number of aromatic amines is 1. The fourth-order valence-electron chi connectivity index (χ4n) is 5.74. The molecule has 2 saturated heterocycles. The minimum absolute atomic E-state index is 0.154. The van der Waals surface area contributed by atoms with E-state index in [0.29, 0.717) is 6.04 Å². The molecular weight excluding hydrogens is 427 g/mol. The van der Waals surface area contributed by atoms with Crippen molar-refractivity contribution in [1.82, 2.24) is 15.3 Å². The van der Waals surface area contributed by atoms with Crippen molar-refractivity contribution in [2.24, 2.45) is 11.5 Å². The van der Waals surface area contributed by atoms with Crippen LogP contribution in [-0.4, -0.2) is 34.6 Å². The molecule has 6 N–H and O–H groups in total. The number of anilines is 1. The largest absolute Gasteiger partial charge is 0.357 e. The predicted octanol–water partition coefficient (Wildman–Crippen LogP) is 3.99. The Balaban J connectivity index is 1.37. The van der Waals surface area contributed by atoms with Crippen LogP contribution in [0.2, 0.25) is 0 Å². The maximum absolute atomic E-state index is 13.8. The van der Waals surface area contributed by atoms with Crippen LogP contribution in [0, 0.1) is 5.82 Å². The van der Waals surface area contributed by atoms with Gasteiger partial charge in [-0.3, -0.25) is 0 Å². The van der Waals surface area contributed by atoms with E-state index in [1.165, 1.54) is 29.7 Å². The predicted molar refractivity (Wildman–Crippen MR) is 134 cm³/mol. The van der Waals surface area contributed by atoms with Crippen LogP contribution in [0.5, 0.6) is 0 Å². The van der Waals surface area contributed by atoms with Gasteiger partial charge in [0.2, 0.25) is 0 Å². The number of nitrogens with one attached hydrogen (secondary N) is 2. The molecule has 3 aromatic rings. The second-order valence-corrected chi connectivity index (χ2v) is 9.72. The van der Waals surface area contributed by atoms with Crippen LogP contribution in [-0.2, 0) is 0 Å². The number of hydrogen-bond acceptors (Lipinski definition) is 5. The summed E-state index contributed by atoms with van der Waals surface area (Å²) < 4.78 is 13.8. The molecule has 2 aliphatic heterocycles. The Morgan fingerprint density at radius 1 is 0.971 bits per heavy atom. The first-order valence-corrected chi connectivity index (χ1v) is 12.2. The standard InChI is InChI=1S/C27H31FN6/c28-18-5-7-19(8-6-18)34-25(16-3-9-20(29)21(30)14-16)11-12-26(34)17-4-10-22-24(15-17)33-27(32-22)23-2-1-13-31-23/h3-10,14-15,20-21,23,25-26,31H,1-2,11-13,29-30H2,(H,32,33)/t20?,21?,23-,25?,26?/m0/s1. The van der Waals surface area contributed by atoms with E-state index in [4.69, 9.17) is 16.5 Å². The van der Waals surface area contributed by atoms with Crippen LogP contribution >= 0.6 is 0 Å². The van der Waals surface area contributed by atoms with Gasteiger partial charge in [0.25, 0.3) is 0 Å². The average Bonchev–Trinajstić information content (AvgIpc) is 3.60. The molecule has 6 nitrogen and oxygen atoms in total. The number of halogens is 1. The van der Waals surface area contributed by atoms with E-state index >= 15 is 0 Å². The summed E-state index contributed by atoms with van der Waals surface area (Å²) in [5.74, 6) is 0.792. The van der Waals surface area contributed by atoms with Gasteiger partial charge < -0.3 is 26.7 Å². The first kappa shape index (κ1) is 21.5. The van der Waals surface area contributed by atoms with E-state index in [-0.39, 0.29) is 30.0 Å². The van der Waals surface area contributed by atoms with E-state index in [2.05, 4.69) is 45.6 Å². The van der Waals surface area contributed by atoms with Crippen molar-refractivity contribution < 1.29 is 4.39 Å².